The van der Waals surface area contributed by atoms with Gasteiger partial charge in [-0.3, -0.25) is 5.32 Å². The average Bonchev–Trinajstić information content (AvgIpc) is 2.64. The molecule has 0 aliphatic carbocycles. The van der Waals surface area contributed by atoms with Crippen LogP contribution in [0.3, 0.4) is 0 Å². The summed E-state index contributed by atoms with van der Waals surface area (Å²) in [5.41, 5.74) is 0.936. The van der Waals surface area contributed by atoms with Crippen molar-refractivity contribution < 1.29 is 14.7 Å². The highest BCUT2D eigenvalue weighted by Gasteiger charge is 2.30. The van der Waals surface area contributed by atoms with Crippen LogP contribution in [0, 0.1) is 13.8 Å². The highest BCUT2D eigenvalue weighted by Crippen LogP contribution is 2.33. The Kier molecular flexibility index (Phi) is 4.56. The second-order valence-electron chi connectivity index (χ2n) is 5.76. The van der Waals surface area contributed by atoms with Crippen LogP contribution in [0.4, 0.5) is 9.80 Å². The van der Waals surface area contributed by atoms with E-state index in [1.54, 1.807) is 6.92 Å². The molecule has 1 saturated heterocycles. The predicted molar refractivity (Wildman–Crippen MR) is 84.4 cm³/mol. The topological polar surface area (TPSA) is 69.6 Å². The standard InChI is InChI=1S/C15H22N2O3S/c1-8-6-5-7-9(2)17(8)15(20)16-13-12(14(18)19)10(3)11(4)21-13/h8-9H,5-7H2,1-4H3,(H,16,20)(H,18,19). The van der Waals surface area contributed by atoms with Crippen molar-refractivity contribution in [2.24, 2.45) is 0 Å². The molecule has 2 atom stereocenters. The lowest BCUT2D eigenvalue weighted by molar-refractivity contribution is 0.0697. The Hall–Kier alpha value is -1.56. The van der Waals surface area contributed by atoms with E-state index in [4.69, 9.17) is 0 Å². The smallest absolute Gasteiger partial charge is 0.338 e. The van der Waals surface area contributed by atoms with Gasteiger partial charge in [0.05, 0.1) is 5.56 Å². The molecule has 1 aliphatic rings. The molecule has 2 amide bonds. The minimum absolute atomic E-state index is 0.184. The number of amides is 2. The predicted octanol–water partition coefficient (Wildman–Crippen LogP) is 3.86. The number of rotatable bonds is 2. The van der Waals surface area contributed by atoms with E-state index in [9.17, 15) is 14.7 Å². The largest absolute Gasteiger partial charge is 0.478 e. The van der Waals surface area contributed by atoms with E-state index in [1.165, 1.54) is 11.3 Å². The summed E-state index contributed by atoms with van der Waals surface area (Å²) in [4.78, 5) is 26.6. The van der Waals surface area contributed by atoms with Crippen LogP contribution in [0.5, 0.6) is 0 Å². The number of aryl methyl sites for hydroxylation is 1. The lowest BCUT2D eigenvalue weighted by atomic mass is 9.98. The third-order valence-corrected chi connectivity index (χ3v) is 5.37. The summed E-state index contributed by atoms with van der Waals surface area (Å²) in [7, 11) is 0. The fraction of sp³-hybridized carbons (Fsp3) is 0.600. The Balaban J connectivity index is 2.23. The maximum absolute atomic E-state index is 12.5. The van der Waals surface area contributed by atoms with Gasteiger partial charge in [-0.15, -0.1) is 11.3 Å². The number of carboxylic acid groups (broad SMARTS) is 1. The van der Waals surface area contributed by atoms with Crippen LogP contribution in [0.25, 0.3) is 0 Å². The van der Waals surface area contributed by atoms with E-state index in [1.807, 2.05) is 25.7 Å². The van der Waals surface area contributed by atoms with E-state index in [2.05, 4.69) is 5.32 Å². The minimum Gasteiger partial charge on any atom is -0.478 e. The number of urea groups is 1. The molecular weight excluding hydrogens is 288 g/mol. The molecule has 1 aromatic rings. The number of anilines is 1. The Morgan fingerprint density at radius 2 is 1.81 bits per heavy atom. The molecule has 1 aliphatic heterocycles. The molecule has 6 heteroatoms. The van der Waals surface area contributed by atoms with Gasteiger partial charge in [-0.25, -0.2) is 9.59 Å². The van der Waals surface area contributed by atoms with E-state index >= 15 is 0 Å². The van der Waals surface area contributed by atoms with Crippen LogP contribution in [0.15, 0.2) is 0 Å². The van der Waals surface area contributed by atoms with Crippen LogP contribution in [0.2, 0.25) is 0 Å². The van der Waals surface area contributed by atoms with Crippen molar-refractivity contribution in [3.05, 3.63) is 16.0 Å². The first-order valence-electron chi connectivity index (χ1n) is 7.25. The van der Waals surface area contributed by atoms with E-state index < -0.39 is 5.97 Å². The lowest BCUT2D eigenvalue weighted by Crippen LogP contribution is -2.49. The zero-order valence-electron chi connectivity index (χ0n) is 12.9. The van der Waals surface area contributed by atoms with Gasteiger partial charge in [0.15, 0.2) is 0 Å². The molecule has 2 rings (SSSR count). The summed E-state index contributed by atoms with van der Waals surface area (Å²) in [6.07, 6.45) is 3.11. The van der Waals surface area contributed by atoms with Crippen molar-refractivity contribution in [1.29, 1.82) is 0 Å². The number of nitrogens with zero attached hydrogens (tertiary/aromatic N) is 1. The molecule has 0 spiro atoms. The van der Waals surface area contributed by atoms with Crippen molar-refractivity contribution in [2.45, 2.75) is 59.0 Å². The molecule has 0 radical (unpaired) electrons. The minimum atomic E-state index is -0.994. The average molecular weight is 310 g/mol. The van der Waals surface area contributed by atoms with Crippen LogP contribution >= 0.6 is 11.3 Å². The Bertz CT molecular complexity index is 558. The van der Waals surface area contributed by atoms with Gasteiger partial charge in [0.2, 0.25) is 0 Å². The van der Waals surface area contributed by atoms with Crippen LogP contribution < -0.4 is 5.32 Å². The number of nitrogens with one attached hydrogen (secondary N) is 1. The number of hydrogen-bond donors (Lipinski definition) is 2. The first kappa shape index (κ1) is 15.8. The third kappa shape index (κ3) is 3.05. The fourth-order valence-electron chi connectivity index (χ4n) is 2.96. The Labute approximate surface area is 129 Å². The monoisotopic (exact) mass is 310 g/mol. The molecule has 0 bridgehead atoms. The molecule has 1 fully saturated rings. The molecule has 5 nitrogen and oxygen atoms in total. The van der Waals surface area contributed by atoms with Crippen molar-refractivity contribution in [3.63, 3.8) is 0 Å². The maximum Gasteiger partial charge on any atom is 0.338 e. The summed E-state index contributed by atoms with van der Waals surface area (Å²) in [6, 6.07) is 0.173. The van der Waals surface area contributed by atoms with E-state index in [0.717, 1.165) is 29.7 Å². The summed E-state index contributed by atoms with van der Waals surface area (Å²) < 4.78 is 0. The number of carboxylic acids is 1. The number of likely N-dealkylation sites (tertiary alicyclic amines) is 1. The first-order chi connectivity index (χ1) is 9.82. The second-order valence-corrected chi connectivity index (χ2v) is 6.98. The summed E-state index contributed by atoms with van der Waals surface area (Å²) in [5, 5.41) is 12.6. The van der Waals surface area contributed by atoms with Gasteiger partial charge >= 0.3 is 12.0 Å². The number of piperidine rings is 1. The quantitative estimate of drug-likeness (QED) is 0.871. The number of hydrogen-bond acceptors (Lipinski definition) is 3. The van der Waals surface area contributed by atoms with E-state index in [-0.39, 0.29) is 23.7 Å². The lowest BCUT2D eigenvalue weighted by Gasteiger charge is -2.38. The maximum atomic E-state index is 12.5. The van der Waals surface area contributed by atoms with Crippen molar-refractivity contribution >= 4 is 28.3 Å². The number of thiophene rings is 1. The van der Waals surface area contributed by atoms with Crippen LogP contribution in [0.1, 0.15) is 53.9 Å². The molecule has 0 aromatic carbocycles. The molecular formula is C15H22N2O3S. The van der Waals surface area contributed by atoms with Gasteiger partial charge in [0.1, 0.15) is 5.00 Å². The van der Waals surface area contributed by atoms with E-state index in [0.29, 0.717) is 5.00 Å². The molecule has 2 unspecified atom stereocenters. The molecule has 1 aromatic heterocycles. The summed E-state index contributed by atoms with van der Waals surface area (Å²) in [5.74, 6) is -0.994. The van der Waals surface area contributed by atoms with Crippen molar-refractivity contribution in [1.82, 2.24) is 4.90 Å². The highest BCUT2D eigenvalue weighted by atomic mass is 32.1. The number of carbonyl (C=O) groups is 2. The first-order valence-corrected chi connectivity index (χ1v) is 8.07. The zero-order valence-corrected chi connectivity index (χ0v) is 13.7. The normalized spacial score (nSPS) is 22.2. The SMILES string of the molecule is Cc1sc(NC(=O)N2C(C)CCCC2C)c(C(=O)O)c1C. The van der Waals surface area contributed by atoms with Gasteiger partial charge in [-0.2, -0.15) is 0 Å². The summed E-state index contributed by atoms with van der Waals surface area (Å²) in [6.45, 7) is 7.72. The highest BCUT2D eigenvalue weighted by molar-refractivity contribution is 7.16. The fourth-order valence-corrected chi connectivity index (χ4v) is 4.00. The second kappa shape index (κ2) is 6.05. The molecule has 116 valence electrons. The number of carbonyl (C=O) groups excluding carboxylic acids is 1. The van der Waals surface area contributed by atoms with Gasteiger partial charge in [0, 0.05) is 17.0 Å². The molecule has 0 saturated carbocycles. The molecule has 2 heterocycles. The zero-order chi connectivity index (χ0) is 15.7. The Morgan fingerprint density at radius 1 is 1.24 bits per heavy atom. The third-order valence-electron chi connectivity index (χ3n) is 4.25. The number of aromatic carboxylic acids is 1. The molecule has 2 N–H and O–H groups in total. The summed E-state index contributed by atoms with van der Waals surface area (Å²) >= 11 is 1.32. The van der Waals surface area contributed by atoms with Gasteiger partial charge in [0.25, 0.3) is 0 Å². The van der Waals surface area contributed by atoms with Crippen molar-refractivity contribution in [2.75, 3.05) is 5.32 Å². The van der Waals surface area contributed by atoms with Crippen molar-refractivity contribution in [3.8, 4) is 0 Å². The van der Waals surface area contributed by atoms with Gasteiger partial charge < -0.3 is 10.0 Å². The van der Waals surface area contributed by atoms with Gasteiger partial charge in [-0.1, -0.05) is 0 Å². The van der Waals surface area contributed by atoms with Crippen LogP contribution in [-0.4, -0.2) is 34.1 Å². The molecule has 21 heavy (non-hydrogen) atoms. The van der Waals surface area contributed by atoms with Gasteiger partial charge in [-0.05, 0) is 52.5 Å². The van der Waals surface area contributed by atoms with Crippen LogP contribution in [-0.2, 0) is 0 Å². The Morgan fingerprint density at radius 3 is 2.33 bits per heavy atom.